The maximum absolute atomic E-state index is 13.9. The summed E-state index contributed by atoms with van der Waals surface area (Å²) in [4.78, 5) is 16.1. The standard InChI is InChI=1S/C19H21FN2O2S/c1-24-14-10-15-12(8-13(14)20)9-16(25-15)18(23)21-17-11-2-6-22(7-3-11)19(17)4-5-19/h8-11,17H,2-7H2,1H3,(H,21,23)/t17-/m1/s1. The van der Waals surface area contributed by atoms with Crippen LogP contribution in [-0.2, 0) is 0 Å². The third kappa shape index (κ3) is 2.30. The summed E-state index contributed by atoms with van der Waals surface area (Å²) in [6.45, 7) is 2.36. The first kappa shape index (κ1) is 15.6. The molecule has 4 aliphatic rings. The molecule has 6 heteroatoms. The molecule has 25 heavy (non-hydrogen) atoms. The van der Waals surface area contributed by atoms with Gasteiger partial charge >= 0.3 is 0 Å². The van der Waals surface area contributed by atoms with Crippen LogP contribution in [0.15, 0.2) is 18.2 Å². The molecule has 3 saturated heterocycles. The SMILES string of the molecule is COc1cc2sc(C(=O)N[C@@H]3C4CCN(CC4)C34CC4)cc2cc1F. The van der Waals surface area contributed by atoms with E-state index in [9.17, 15) is 9.18 Å². The van der Waals surface area contributed by atoms with E-state index in [4.69, 9.17) is 4.74 Å². The number of amides is 1. The minimum atomic E-state index is -0.394. The summed E-state index contributed by atoms with van der Waals surface area (Å²) in [5, 5.41) is 4.08. The highest BCUT2D eigenvalue weighted by atomic mass is 32.1. The van der Waals surface area contributed by atoms with Crippen molar-refractivity contribution in [1.29, 1.82) is 0 Å². The minimum absolute atomic E-state index is 0.0226. The Kier molecular flexibility index (Phi) is 3.38. The zero-order valence-corrected chi connectivity index (χ0v) is 15.0. The molecule has 1 aromatic carbocycles. The second-order valence-electron chi connectivity index (χ2n) is 7.51. The first-order valence-electron chi connectivity index (χ1n) is 8.94. The lowest BCUT2D eigenvalue weighted by Crippen LogP contribution is -2.65. The average Bonchev–Trinajstić information content (AvgIpc) is 3.29. The van der Waals surface area contributed by atoms with Gasteiger partial charge in [-0.25, -0.2) is 4.39 Å². The molecule has 132 valence electrons. The van der Waals surface area contributed by atoms with E-state index in [1.54, 1.807) is 12.1 Å². The van der Waals surface area contributed by atoms with Crippen molar-refractivity contribution < 1.29 is 13.9 Å². The van der Waals surface area contributed by atoms with Crippen molar-refractivity contribution in [2.24, 2.45) is 5.92 Å². The van der Waals surface area contributed by atoms with Gasteiger partial charge in [-0.15, -0.1) is 11.3 Å². The first-order chi connectivity index (χ1) is 12.1. The molecule has 1 aliphatic carbocycles. The largest absolute Gasteiger partial charge is 0.494 e. The van der Waals surface area contributed by atoms with Crippen LogP contribution in [0.2, 0.25) is 0 Å². The number of hydrogen-bond donors (Lipinski definition) is 1. The molecular weight excluding hydrogens is 339 g/mol. The van der Waals surface area contributed by atoms with Crippen molar-refractivity contribution >= 4 is 27.3 Å². The second kappa shape index (κ2) is 5.42. The quantitative estimate of drug-likeness (QED) is 0.912. The fourth-order valence-electron chi connectivity index (χ4n) is 4.84. The maximum atomic E-state index is 13.9. The Morgan fingerprint density at radius 1 is 1.32 bits per heavy atom. The number of carbonyl (C=O) groups is 1. The van der Waals surface area contributed by atoms with E-state index in [2.05, 4.69) is 10.2 Å². The molecular formula is C19H21FN2O2S. The Balaban J connectivity index is 1.42. The summed E-state index contributed by atoms with van der Waals surface area (Å²) >= 11 is 1.40. The van der Waals surface area contributed by atoms with Gasteiger partial charge in [-0.3, -0.25) is 9.69 Å². The van der Waals surface area contributed by atoms with E-state index in [0.29, 0.717) is 10.8 Å². The molecule has 4 heterocycles. The van der Waals surface area contributed by atoms with E-state index in [-0.39, 0.29) is 23.2 Å². The fourth-order valence-corrected chi connectivity index (χ4v) is 5.82. The topological polar surface area (TPSA) is 41.6 Å². The number of piperidine rings is 3. The molecule has 3 aliphatic heterocycles. The van der Waals surface area contributed by atoms with Gasteiger partial charge in [0.15, 0.2) is 11.6 Å². The van der Waals surface area contributed by atoms with E-state index >= 15 is 0 Å². The highest BCUT2D eigenvalue weighted by Gasteiger charge is 2.60. The zero-order valence-electron chi connectivity index (χ0n) is 14.2. The lowest BCUT2D eigenvalue weighted by Gasteiger charge is -2.52. The highest BCUT2D eigenvalue weighted by molar-refractivity contribution is 7.20. The molecule has 1 spiro atoms. The van der Waals surface area contributed by atoms with Crippen molar-refractivity contribution in [1.82, 2.24) is 10.2 Å². The third-order valence-electron chi connectivity index (χ3n) is 6.28. The summed E-state index contributed by atoms with van der Waals surface area (Å²) in [6.07, 6.45) is 4.76. The number of rotatable bonds is 3. The molecule has 1 saturated carbocycles. The third-order valence-corrected chi connectivity index (χ3v) is 7.38. The van der Waals surface area contributed by atoms with Crippen LogP contribution in [0.5, 0.6) is 5.75 Å². The van der Waals surface area contributed by atoms with Gasteiger partial charge in [0.25, 0.3) is 5.91 Å². The van der Waals surface area contributed by atoms with Gasteiger partial charge in [0.05, 0.1) is 18.0 Å². The predicted octanol–water partition coefficient (Wildman–Crippen LogP) is 3.41. The van der Waals surface area contributed by atoms with E-state index < -0.39 is 5.82 Å². The lowest BCUT2D eigenvalue weighted by atomic mass is 9.77. The van der Waals surface area contributed by atoms with Gasteiger partial charge in [-0.1, -0.05) is 0 Å². The Morgan fingerprint density at radius 2 is 2.08 bits per heavy atom. The Bertz CT molecular complexity index is 852. The van der Waals surface area contributed by atoms with Crippen molar-refractivity contribution in [3.05, 3.63) is 28.9 Å². The van der Waals surface area contributed by atoms with Crippen molar-refractivity contribution in [3.8, 4) is 5.75 Å². The highest BCUT2D eigenvalue weighted by Crippen LogP contribution is 2.53. The van der Waals surface area contributed by atoms with Crippen LogP contribution >= 0.6 is 11.3 Å². The van der Waals surface area contributed by atoms with Crippen LogP contribution in [0, 0.1) is 11.7 Å². The molecule has 1 atom stereocenters. The Morgan fingerprint density at radius 3 is 2.76 bits per heavy atom. The van der Waals surface area contributed by atoms with Crippen LogP contribution in [0.4, 0.5) is 4.39 Å². The van der Waals surface area contributed by atoms with Gasteiger partial charge in [0.1, 0.15) is 0 Å². The molecule has 1 N–H and O–H groups in total. The van der Waals surface area contributed by atoms with E-state index in [1.165, 1.54) is 63.3 Å². The molecule has 6 rings (SSSR count). The van der Waals surface area contributed by atoms with Gasteiger partial charge in [0, 0.05) is 16.3 Å². The Labute approximate surface area is 150 Å². The van der Waals surface area contributed by atoms with Crippen molar-refractivity contribution in [2.45, 2.75) is 37.3 Å². The van der Waals surface area contributed by atoms with Gasteiger partial charge in [0.2, 0.25) is 0 Å². The molecule has 1 amide bonds. The second-order valence-corrected chi connectivity index (χ2v) is 8.60. The number of hydrogen-bond acceptors (Lipinski definition) is 4. The van der Waals surface area contributed by atoms with Crippen LogP contribution in [0.1, 0.15) is 35.4 Å². The van der Waals surface area contributed by atoms with Crippen LogP contribution < -0.4 is 10.1 Å². The molecule has 4 nitrogen and oxygen atoms in total. The van der Waals surface area contributed by atoms with Gasteiger partial charge in [-0.2, -0.15) is 0 Å². The summed E-state index contributed by atoms with van der Waals surface area (Å²) in [5.74, 6) is 0.402. The van der Waals surface area contributed by atoms with Crippen molar-refractivity contribution in [3.63, 3.8) is 0 Å². The number of carbonyl (C=O) groups excluding carboxylic acids is 1. The summed E-state index contributed by atoms with van der Waals surface area (Å²) in [6, 6.07) is 5.17. The zero-order chi connectivity index (χ0) is 17.2. The monoisotopic (exact) mass is 360 g/mol. The molecule has 2 aromatic rings. The summed E-state index contributed by atoms with van der Waals surface area (Å²) in [7, 11) is 1.45. The molecule has 4 fully saturated rings. The van der Waals surface area contributed by atoms with E-state index in [0.717, 1.165) is 10.1 Å². The number of ether oxygens (including phenoxy) is 1. The normalized spacial score (nSPS) is 29.1. The molecule has 0 radical (unpaired) electrons. The summed E-state index contributed by atoms with van der Waals surface area (Å²) in [5.41, 5.74) is 0.225. The molecule has 1 aromatic heterocycles. The maximum Gasteiger partial charge on any atom is 0.261 e. The smallest absolute Gasteiger partial charge is 0.261 e. The van der Waals surface area contributed by atoms with Crippen LogP contribution in [0.25, 0.3) is 10.1 Å². The average molecular weight is 360 g/mol. The number of benzene rings is 1. The van der Waals surface area contributed by atoms with Crippen LogP contribution in [0.3, 0.4) is 0 Å². The molecule has 0 unspecified atom stereocenters. The number of halogens is 1. The first-order valence-corrected chi connectivity index (χ1v) is 9.75. The van der Waals surface area contributed by atoms with Crippen molar-refractivity contribution in [2.75, 3.05) is 20.2 Å². The van der Waals surface area contributed by atoms with E-state index in [1.807, 2.05) is 0 Å². The number of fused-ring (bicyclic) bond motifs is 3. The predicted molar refractivity (Wildman–Crippen MR) is 95.9 cm³/mol. The number of methoxy groups -OCH3 is 1. The Hall–Kier alpha value is -1.66. The fraction of sp³-hybridized carbons (Fsp3) is 0.526. The number of nitrogens with zero attached hydrogens (tertiary/aromatic N) is 1. The molecule has 2 bridgehead atoms. The summed E-state index contributed by atoms with van der Waals surface area (Å²) < 4.78 is 19.8. The van der Waals surface area contributed by atoms with Crippen LogP contribution in [-0.4, -0.2) is 42.6 Å². The minimum Gasteiger partial charge on any atom is -0.494 e. The number of thiophene rings is 1. The van der Waals surface area contributed by atoms with Gasteiger partial charge in [-0.05, 0) is 62.2 Å². The van der Waals surface area contributed by atoms with Gasteiger partial charge < -0.3 is 10.1 Å². The number of nitrogens with one attached hydrogen (secondary N) is 1. The lowest BCUT2D eigenvalue weighted by molar-refractivity contribution is -0.00138.